The van der Waals surface area contributed by atoms with Crippen LogP contribution in [-0.2, 0) is 0 Å². The number of nitrogens with one attached hydrogen (secondary N) is 1. The van der Waals surface area contributed by atoms with Gasteiger partial charge in [-0.15, -0.1) is 0 Å². The zero-order chi connectivity index (χ0) is 12.1. The maximum atomic E-state index is 12.3. The fourth-order valence-corrected chi connectivity index (χ4v) is 1.89. The molecular weight excluding hydrogens is 198 g/mol. The summed E-state index contributed by atoms with van der Waals surface area (Å²) >= 11 is 0. The van der Waals surface area contributed by atoms with Crippen LogP contribution >= 0.6 is 0 Å². The zero-order valence-electron chi connectivity index (χ0n) is 10.6. The zero-order valence-corrected chi connectivity index (χ0v) is 10.6. The molecule has 0 aliphatic rings. The molecule has 2 nitrogen and oxygen atoms in total. The second-order valence-electron chi connectivity index (χ2n) is 4.35. The fraction of sp³-hybridized carbons (Fsp3) is 0.500. The summed E-state index contributed by atoms with van der Waals surface area (Å²) in [5, 5.41) is 3.08. The minimum Gasteiger partial charge on any atom is -0.319 e. The first-order valence-electron chi connectivity index (χ1n) is 5.86. The van der Waals surface area contributed by atoms with E-state index in [4.69, 9.17) is 0 Å². The topological polar surface area (TPSA) is 29.1 Å². The number of rotatable bonds is 5. The number of carbonyl (C=O) groups is 1. The van der Waals surface area contributed by atoms with E-state index in [1.807, 2.05) is 39.1 Å². The Hall–Kier alpha value is -1.15. The lowest BCUT2D eigenvalue weighted by molar-refractivity contribution is 0.0916. The summed E-state index contributed by atoms with van der Waals surface area (Å²) in [5.74, 6) is 0.351. The first-order valence-corrected chi connectivity index (χ1v) is 5.86. The fourth-order valence-electron chi connectivity index (χ4n) is 1.89. The molecule has 1 unspecified atom stereocenters. The Morgan fingerprint density at radius 1 is 1.38 bits per heavy atom. The molecule has 0 aliphatic carbocycles. The highest BCUT2D eigenvalue weighted by Gasteiger charge is 2.18. The average Bonchev–Trinajstić information content (AvgIpc) is 2.28. The van der Waals surface area contributed by atoms with E-state index in [-0.39, 0.29) is 11.7 Å². The molecule has 0 radical (unpaired) electrons. The maximum Gasteiger partial charge on any atom is 0.167 e. The largest absolute Gasteiger partial charge is 0.319 e. The molecule has 0 heterocycles. The maximum absolute atomic E-state index is 12.3. The summed E-state index contributed by atoms with van der Waals surface area (Å²) in [6.07, 6.45) is 0.882. The minimum absolute atomic E-state index is 0.0884. The summed E-state index contributed by atoms with van der Waals surface area (Å²) in [6.45, 7) is 6.84. The van der Waals surface area contributed by atoms with E-state index in [0.717, 1.165) is 29.7 Å². The van der Waals surface area contributed by atoms with Crippen LogP contribution in [0.4, 0.5) is 0 Å². The Balaban J connectivity index is 2.98. The summed E-state index contributed by atoms with van der Waals surface area (Å²) in [7, 11) is 1.89. The van der Waals surface area contributed by atoms with Crippen LogP contribution < -0.4 is 5.32 Å². The molecule has 0 fully saturated rings. The van der Waals surface area contributed by atoms with E-state index < -0.39 is 0 Å². The SMILES string of the molecule is CCC(CNC)C(=O)c1cc(C)ccc1C. The molecule has 1 atom stereocenters. The summed E-state index contributed by atoms with van der Waals surface area (Å²) < 4.78 is 0. The molecule has 1 aromatic carbocycles. The molecule has 1 N–H and O–H groups in total. The molecule has 0 aliphatic heterocycles. The van der Waals surface area contributed by atoms with Crippen molar-refractivity contribution in [2.24, 2.45) is 5.92 Å². The highest BCUT2D eigenvalue weighted by molar-refractivity contribution is 5.99. The molecule has 0 saturated carbocycles. The normalized spacial score (nSPS) is 12.5. The summed E-state index contributed by atoms with van der Waals surface area (Å²) in [5.41, 5.74) is 3.10. The predicted octanol–water partition coefficient (Wildman–Crippen LogP) is 2.73. The molecule has 0 spiro atoms. The van der Waals surface area contributed by atoms with Crippen LogP contribution in [0.1, 0.15) is 34.8 Å². The highest BCUT2D eigenvalue weighted by Crippen LogP contribution is 2.17. The lowest BCUT2D eigenvalue weighted by Gasteiger charge is -2.15. The summed E-state index contributed by atoms with van der Waals surface area (Å²) in [6, 6.07) is 6.07. The van der Waals surface area contributed by atoms with Crippen LogP contribution in [0, 0.1) is 19.8 Å². The molecule has 88 valence electrons. The quantitative estimate of drug-likeness (QED) is 0.771. The van der Waals surface area contributed by atoms with Gasteiger partial charge in [0.15, 0.2) is 5.78 Å². The highest BCUT2D eigenvalue weighted by atomic mass is 16.1. The van der Waals surface area contributed by atoms with E-state index >= 15 is 0 Å². The lowest BCUT2D eigenvalue weighted by atomic mass is 9.91. The third kappa shape index (κ3) is 2.92. The standard InChI is InChI=1S/C14H21NO/c1-5-12(9-15-4)14(16)13-8-10(2)6-7-11(13)3/h6-8,12,15H,5,9H2,1-4H3. The smallest absolute Gasteiger partial charge is 0.167 e. The lowest BCUT2D eigenvalue weighted by Crippen LogP contribution is -2.26. The molecule has 0 amide bonds. The van der Waals surface area contributed by atoms with Gasteiger partial charge in [-0.2, -0.15) is 0 Å². The molecule has 0 aromatic heterocycles. The Bertz CT molecular complexity index is 371. The van der Waals surface area contributed by atoms with Crippen LogP contribution in [0.25, 0.3) is 0 Å². The molecule has 2 heteroatoms. The van der Waals surface area contributed by atoms with Crippen molar-refractivity contribution in [1.82, 2.24) is 5.32 Å². The first-order chi connectivity index (χ1) is 7.60. The van der Waals surface area contributed by atoms with Crippen molar-refractivity contribution in [3.63, 3.8) is 0 Å². The molecular formula is C14H21NO. The number of Topliss-reactive ketones (excluding diaryl/α,β-unsaturated/α-hetero) is 1. The Morgan fingerprint density at radius 3 is 2.62 bits per heavy atom. The van der Waals surface area contributed by atoms with E-state index in [2.05, 4.69) is 12.2 Å². The number of ketones is 1. The van der Waals surface area contributed by atoms with Gasteiger partial charge in [0.05, 0.1) is 0 Å². The second-order valence-corrected chi connectivity index (χ2v) is 4.35. The van der Waals surface area contributed by atoms with E-state index in [1.165, 1.54) is 0 Å². The van der Waals surface area contributed by atoms with Gasteiger partial charge < -0.3 is 5.32 Å². The van der Waals surface area contributed by atoms with Crippen molar-refractivity contribution >= 4 is 5.78 Å². The third-order valence-electron chi connectivity index (χ3n) is 2.97. The van der Waals surface area contributed by atoms with Gasteiger partial charge >= 0.3 is 0 Å². The third-order valence-corrected chi connectivity index (χ3v) is 2.97. The van der Waals surface area contributed by atoms with Crippen molar-refractivity contribution in [3.05, 3.63) is 34.9 Å². The van der Waals surface area contributed by atoms with Gasteiger partial charge in [-0.1, -0.05) is 24.6 Å². The summed E-state index contributed by atoms with van der Waals surface area (Å²) in [4.78, 5) is 12.3. The van der Waals surface area contributed by atoms with Crippen molar-refractivity contribution in [3.8, 4) is 0 Å². The Morgan fingerprint density at radius 2 is 2.06 bits per heavy atom. The van der Waals surface area contributed by atoms with Gasteiger partial charge in [-0.3, -0.25) is 4.79 Å². The van der Waals surface area contributed by atoms with E-state index in [1.54, 1.807) is 0 Å². The van der Waals surface area contributed by atoms with Crippen LogP contribution in [-0.4, -0.2) is 19.4 Å². The molecule has 16 heavy (non-hydrogen) atoms. The number of hydrogen-bond donors (Lipinski definition) is 1. The van der Waals surface area contributed by atoms with Gasteiger partial charge in [-0.25, -0.2) is 0 Å². The van der Waals surface area contributed by atoms with Gasteiger partial charge in [0.1, 0.15) is 0 Å². The van der Waals surface area contributed by atoms with Gasteiger partial charge in [0.25, 0.3) is 0 Å². The van der Waals surface area contributed by atoms with Crippen LogP contribution in [0.3, 0.4) is 0 Å². The van der Waals surface area contributed by atoms with E-state index in [9.17, 15) is 4.79 Å². The van der Waals surface area contributed by atoms with Crippen molar-refractivity contribution in [1.29, 1.82) is 0 Å². The number of benzene rings is 1. The van der Waals surface area contributed by atoms with Crippen LogP contribution in [0.5, 0.6) is 0 Å². The number of carbonyl (C=O) groups excluding carboxylic acids is 1. The molecule has 0 saturated heterocycles. The minimum atomic E-state index is 0.0884. The average molecular weight is 219 g/mol. The van der Waals surface area contributed by atoms with Crippen molar-refractivity contribution in [2.45, 2.75) is 27.2 Å². The predicted molar refractivity (Wildman–Crippen MR) is 68.0 cm³/mol. The Kier molecular flexibility index (Phi) is 4.69. The monoisotopic (exact) mass is 219 g/mol. The van der Waals surface area contributed by atoms with Crippen LogP contribution in [0.2, 0.25) is 0 Å². The first kappa shape index (κ1) is 12.9. The van der Waals surface area contributed by atoms with Crippen molar-refractivity contribution < 1.29 is 4.79 Å². The van der Waals surface area contributed by atoms with E-state index in [0.29, 0.717) is 0 Å². The molecule has 1 aromatic rings. The Labute approximate surface area is 98.1 Å². The number of hydrogen-bond acceptors (Lipinski definition) is 2. The van der Waals surface area contributed by atoms with Crippen LogP contribution in [0.15, 0.2) is 18.2 Å². The van der Waals surface area contributed by atoms with Gasteiger partial charge in [-0.05, 0) is 38.9 Å². The van der Waals surface area contributed by atoms with Gasteiger partial charge in [0.2, 0.25) is 0 Å². The number of aryl methyl sites for hydroxylation is 2. The second kappa shape index (κ2) is 5.80. The van der Waals surface area contributed by atoms with Gasteiger partial charge in [0, 0.05) is 18.0 Å². The molecule has 0 bridgehead atoms. The van der Waals surface area contributed by atoms with Crippen molar-refractivity contribution in [2.75, 3.05) is 13.6 Å². The molecule has 1 rings (SSSR count).